The van der Waals surface area contributed by atoms with Gasteiger partial charge in [0, 0.05) is 32.2 Å². The third kappa shape index (κ3) is 5.82. The lowest BCUT2D eigenvalue weighted by atomic mass is 10.0. The summed E-state index contributed by atoms with van der Waals surface area (Å²) in [5, 5.41) is 9.09. The van der Waals surface area contributed by atoms with Gasteiger partial charge in [0.1, 0.15) is 17.1 Å². The minimum atomic E-state index is -4.65. The molecule has 0 aliphatic carbocycles. The molecular formula is C26H21F6N3O4. The van der Waals surface area contributed by atoms with Gasteiger partial charge in [-0.1, -0.05) is 18.2 Å². The van der Waals surface area contributed by atoms with Gasteiger partial charge in [-0.25, -0.2) is 9.78 Å². The van der Waals surface area contributed by atoms with Gasteiger partial charge in [-0.05, 0) is 42.3 Å². The fourth-order valence-electron chi connectivity index (χ4n) is 4.06. The van der Waals surface area contributed by atoms with Gasteiger partial charge in [-0.15, -0.1) is 0 Å². The first-order chi connectivity index (χ1) is 18.3. The van der Waals surface area contributed by atoms with Crippen molar-refractivity contribution in [1.29, 1.82) is 0 Å². The maximum Gasteiger partial charge on any atom is 0.416 e. The van der Waals surface area contributed by atoms with Crippen molar-refractivity contribution in [3.05, 3.63) is 97.8 Å². The first-order valence-corrected chi connectivity index (χ1v) is 11.5. The lowest BCUT2D eigenvalue weighted by molar-refractivity contribution is -0.138. The van der Waals surface area contributed by atoms with Crippen LogP contribution in [-0.4, -0.2) is 25.8 Å². The number of aliphatic hydroxyl groups excluding tert-OH is 1. The number of hydrogen-bond acceptors (Lipinski definition) is 5. The minimum absolute atomic E-state index is 0.0523. The zero-order chi connectivity index (χ0) is 28.5. The molecule has 39 heavy (non-hydrogen) atoms. The standard InChI is InChI=1S/C26H21F6N3O4/c1-34-22-21(23(37)35(24(34)38)10-3-11-36)19(12-15-6-8-16(9-7-15)25(27,28)29)20(14-33-22)39-18-5-2-4-17(13-18)26(30,31)32/h2,4-9,13-14,36H,3,10-12H2,1H3. The van der Waals surface area contributed by atoms with Crippen LogP contribution in [0.1, 0.15) is 28.7 Å². The van der Waals surface area contributed by atoms with Crippen LogP contribution < -0.4 is 16.0 Å². The van der Waals surface area contributed by atoms with E-state index < -0.39 is 34.7 Å². The number of rotatable bonds is 7. The maximum absolute atomic E-state index is 13.5. The Kier molecular flexibility index (Phi) is 7.55. The minimum Gasteiger partial charge on any atom is -0.455 e. The van der Waals surface area contributed by atoms with Crippen molar-refractivity contribution in [2.45, 2.75) is 31.7 Å². The van der Waals surface area contributed by atoms with Crippen molar-refractivity contribution in [1.82, 2.24) is 14.1 Å². The fraction of sp³-hybridized carbons (Fsp3) is 0.269. The summed E-state index contributed by atoms with van der Waals surface area (Å²) in [4.78, 5) is 30.4. The summed E-state index contributed by atoms with van der Waals surface area (Å²) in [5.74, 6) is -0.337. The molecule has 0 bridgehead atoms. The Morgan fingerprint density at radius 3 is 2.23 bits per heavy atom. The van der Waals surface area contributed by atoms with Gasteiger partial charge in [-0.2, -0.15) is 26.3 Å². The normalized spacial score (nSPS) is 12.2. The second kappa shape index (κ2) is 10.6. The first kappa shape index (κ1) is 27.9. The molecule has 0 saturated carbocycles. The number of fused-ring (bicyclic) bond motifs is 1. The molecule has 2 aromatic carbocycles. The highest BCUT2D eigenvalue weighted by molar-refractivity contribution is 5.81. The number of benzene rings is 2. The monoisotopic (exact) mass is 553 g/mol. The number of alkyl halides is 6. The van der Waals surface area contributed by atoms with E-state index in [0.29, 0.717) is 5.56 Å². The number of aliphatic hydroxyl groups is 1. The van der Waals surface area contributed by atoms with E-state index in [4.69, 9.17) is 4.74 Å². The average Bonchev–Trinajstić information content (AvgIpc) is 2.87. The van der Waals surface area contributed by atoms with E-state index in [0.717, 1.165) is 45.7 Å². The number of halogens is 6. The Labute approximate surface area is 216 Å². The fourth-order valence-corrected chi connectivity index (χ4v) is 4.06. The Morgan fingerprint density at radius 1 is 0.949 bits per heavy atom. The lowest BCUT2D eigenvalue weighted by Crippen LogP contribution is -2.40. The van der Waals surface area contributed by atoms with Crippen LogP contribution in [0.5, 0.6) is 11.5 Å². The topological polar surface area (TPSA) is 86.3 Å². The van der Waals surface area contributed by atoms with Crippen LogP contribution in [-0.2, 0) is 32.4 Å². The summed E-state index contributed by atoms with van der Waals surface area (Å²) in [7, 11) is 1.36. The molecule has 0 radical (unpaired) electrons. The van der Waals surface area contributed by atoms with Crippen LogP contribution in [0.3, 0.4) is 0 Å². The van der Waals surface area contributed by atoms with Gasteiger partial charge in [0.25, 0.3) is 5.56 Å². The smallest absolute Gasteiger partial charge is 0.416 e. The number of aryl methyl sites for hydroxylation is 1. The van der Waals surface area contributed by atoms with Crippen molar-refractivity contribution in [2.24, 2.45) is 7.05 Å². The van der Waals surface area contributed by atoms with Crippen molar-refractivity contribution >= 4 is 11.0 Å². The molecular weight excluding hydrogens is 532 g/mol. The highest BCUT2D eigenvalue weighted by Gasteiger charge is 2.31. The number of aromatic nitrogens is 3. The van der Waals surface area contributed by atoms with Crippen molar-refractivity contribution in [2.75, 3.05) is 6.61 Å². The third-order valence-electron chi connectivity index (χ3n) is 6.01. The van der Waals surface area contributed by atoms with E-state index >= 15 is 0 Å². The molecule has 0 atom stereocenters. The zero-order valence-corrected chi connectivity index (χ0v) is 20.3. The van der Waals surface area contributed by atoms with Gasteiger partial charge in [0.2, 0.25) is 0 Å². The van der Waals surface area contributed by atoms with Crippen LogP contribution in [0.2, 0.25) is 0 Å². The van der Waals surface area contributed by atoms with Crippen LogP contribution in [0, 0.1) is 0 Å². The van der Waals surface area contributed by atoms with Crippen LogP contribution in [0.4, 0.5) is 26.3 Å². The van der Waals surface area contributed by atoms with Crippen LogP contribution in [0.15, 0.2) is 64.3 Å². The predicted molar refractivity (Wildman–Crippen MR) is 129 cm³/mol. The molecule has 2 aromatic heterocycles. The molecule has 13 heteroatoms. The quantitative estimate of drug-likeness (QED) is 0.329. The van der Waals surface area contributed by atoms with Crippen molar-refractivity contribution in [3.63, 3.8) is 0 Å². The van der Waals surface area contributed by atoms with Gasteiger partial charge >= 0.3 is 18.0 Å². The molecule has 2 heterocycles. The van der Waals surface area contributed by atoms with Crippen molar-refractivity contribution in [3.8, 4) is 11.5 Å². The van der Waals surface area contributed by atoms with Crippen LogP contribution in [0.25, 0.3) is 11.0 Å². The van der Waals surface area contributed by atoms with E-state index in [1.165, 1.54) is 25.2 Å². The predicted octanol–water partition coefficient (Wildman–Crippen LogP) is 4.90. The molecule has 4 rings (SSSR count). The molecule has 206 valence electrons. The molecule has 0 fully saturated rings. The molecule has 0 amide bonds. The Hall–Kier alpha value is -4.13. The second-order valence-corrected chi connectivity index (χ2v) is 8.67. The number of ether oxygens (including phenoxy) is 1. The first-order valence-electron chi connectivity index (χ1n) is 11.5. The molecule has 0 spiro atoms. The Balaban J connectivity index is 1.92. The average molecular weight is 553 g/mol. The molecule has 7 nitrogen and oxygen atoms in total. The molecule has 0 unspecified atom stereocenters. The van der Waals surface area contributed by atoms with Gasteiger partial charge < -0.3 is 9.84 Å². The molecule has 0 aliphatic rings. The summed E-state index contributed by atoms with van der Waals surface area (Å²) < 4.78 is 86.6. The summed E-state index contributed by atoms with van der Waals surface area (Å²) in [5.41, 5.74) is -2.98. The van der Waals surface area contributed by atoms with E-state index in [2.05, 4.69) is 4.98 Å². The summed E-state index contributed by atoms with van der Waals surface area (Å²) in [6, 6.07) is 8.14. The second-order valence-electron chi connectivity index (χ2n) is 8.67. The zero-order valence-electron chi connectivity index (χ0n) is 20.3. The van der Waals surface area contributed by atoms with Crippen LogP contribution >= 0.6 is 0 Å². The largest absolute Gasteiger partial charge is 0.455 e. The van der Waals surface area contributed by atoms with E-state index in [1.807, 2.05) is 0 Å². The summed E-state index contributed by atoms with van der Waals surface area (Å²) in [6.45, 7) is -0.431. The highest BCUT2D eigenvalue weighted by Crippen LogP contribution is 2.35. The Morgan fingerprint density at radius 2 is 1.62 bits per heavy atom. The number of pyridine rings is 1. The number of nitrogens with zero attached hydrogens (tertiary/aromatic N) is 3. The highest BCUT2D eigenvalue weighted by atomic mass is 19.4. The van der Waals surface area contributed by atoms with Crippen molar-refractivity contribution < 1.29 is 36.2 Å². The molecule has 0 aliphatic heterocycles. The van der Waals surface area contributed by atoms with Gasteiger partial charge in [-0.3, -0.25) is 13.9 Å². The van der Waals surface area contributed by atoms with Gasteiger partial charge in [0.15, 0.2) is 0 Å². The van der Waals surface area contributed by atoms with E-state index in [-0.39, 0.29) is 54.1 Å². The number of hydrogen-bond donors (Lipinski definition) is 1. The lowest BCUT2D eigenvalue weighted by Gasteiger charge is -2.17. The SMILES string of the molecule is Cn1c(=O)n(CCCO)c(=O)c2c(Cc3ccc(C(F)(F)F)cc3)c(Oc3cccc(C(F)(F)F)c3)cnc21. The summed E-state index contributed by atoms with van der Waals surface area (Å²) in [6.07, 6.45) is -8.16. The van der Waals surface area contributed by atoms with E-state index in [9.17, 15) is 41.0 Å². The molecule has 1 N–H and O–H groups in total. The Bertz CT molecular complexity index is 1620. The maximum atomic E-state index is 13.5. The van der Waals surface area contributed by atoms with Gasteiger partial charge in [0.05, 0.1) is 22.7 Å². The molecule has 0 saturated heterocycles. The molecule has 4 aromatic rings. The van der Waals surface area contributed by atoms with E-state index in [1.54, 1.807) is 0 Å². The summed E-state index contributed by atoms with van der Waals surface area (Å²) >= 11 is 0. The third-order valence-corrected chi connectivity index (χ3v) is 6.01.